The van der Waals surface area contributed by atoms with E-state index in [1.165, 1.54) is 6.07 Å². The third-order valence-electron chi connectivity index (χ3n) is 4.80. The van der Waals surface area contributed by atoms with E-state index in [2.05, 4.69) is 10.3 Å². The molecule has 2 heterocycles. The summed E-state index contributed by atoms with van der Waals surface area (Å²) in [5.41, 5.74) is 1.96. The number of anilines is 1. The van der Waals surface area contributed by atoms with E-state index in [1.807, 2.05) is 31.2 Å². The van der Waals surface area contributed by atoms with Crippen molar-refractivity contribution in [3.8, 4) is 11.5 Å². The third-order valence-corrected chi connectivity index (χ3v) is 5.04. The van der Waals surface area contributed by atoms with Crippen molar-refractivity contribution < 1.29 is 18.8 Å². The summed E-state index contributed by atoms with van der Waals surface area (Å²) < 4.78 is 18.0. The van der Waals surface area contributed by atoms with Crippen LogP contribution in [0.25, 0.3) is 5.65 Å². The lowest BCUT2D eigenvalue weighted by Gasteiger charge is -2.17. The highest BCUT2D eigenvalue weighted by atomic mass is 35.5. The van der Waals surface area contributed by atoms with Crippen LogP contribution in [0, 0.1) is 13.8 Å². The van der Waals surface area contributed by atoms with Gasteiger partial charge in [-0.3, -0.25) is 9.59 Å². The van der Waals surface area contributed by atoms with Gasteiger partial charge in [0, 0.05) is 23.2 Å². The Bertz CT molecular complexity index is 1360. The van der Waals surface area contributed by atoms with Crippen molar-refractivity contribution in [1.29, 1.82) is 0 Å². The minimum absolute atomic E-state index is 0.00536. The highest BCUT2D eigenvalue weighted by Crippen LogP contribution is 2.29. The Labute approximate surface area is 194 Å². The number of rotatable bonds is 7. The number of fused-ring (bicyclic) bond motifs is 1. The van der Waals surface area contributed by atoms with Gasteiger partial charge in [-0.05, 0) is 45.0 Å². The standard InChI is InChI=1S/C24H22ClN3O5/c1-14-4-7-19(8-5-14)32-16(3)24(30)27-20-9-6-17(25)11-21(20)31-13-18-12-23(29)28-22(26-18)10-15(2)33-28/h4-12,16H,13H2,1-3H3,(H,27,30)/t16-/m0/s1. The lowest BCUT2D eigenvalue weighted by molar-refractivity contribution is -0.122. The second-order valence-electron chi connectivity index (χ2n) is 7.58. The van der Waals surface area contributed by atoms with Crippen LogP contribution in [-0.2, 0) is 11.4 Å². The van der Waals surface area contributed by atoms with Crippen molar-refractivity contribution in [3.05, 3.63) is 87.0 Å². The second kappa shape index (κ2) is 9.38. The number of ether oxygens (including phenoxy) is 2. The molecule has 0 aliphatic heterocycles. The van der Waals surface area contributed by atoms with Crippen molar-refractivity contribution in [2.75, 3.05) is 5.32 Å². The van der Waals surface area contributed by atoms with Gasteiger partial charge in [-0.15, -0.1) is 4.57 Å². The quantitative estimate of drug-likeness (QED) is 0.428. The molecule has 0 saturated heterocycles. The first-order valence-corrected chi connectivity index (χ1v) is 10.6. The summed E-state index contributed by atoms with van der Waals surface area (Å²) in [6.07, 6.45) is -0.746. The topological polar surface area (TPSA) is 95.1 Å². The van der Waals surface area contributed by atoms with E-state index in [4.69, 9.17) is 25.6 Å². The maximum atomic E-state index is 12.7. The van der Waals surface area contributed by atoms with Crippen molar-refractivity contribution in [3.63, 3.8) is 0 Å². The second-order valence-corrected chi connectivity index (χ2v) is 8.01. The molecule has 1 N–H and O–H groups in total. The van der Waals surface area contributed by atoms with Gasteiger partial charge in [0.25, 0.3) is 11.5 Å². The van der Waals surface area contributed by atoms with Crippen molar-refractivity contribution in [2.24, 2.45) is 0 Å². The van der Waals surface area contributed by atoms with Crippen LogP contribution in [0.15, 0.2) is 63.9 Å². The highest BCUT2D eigenvalue weighted by molar-refractivity contribution is 6.30. The molecule has 0 spiro atoms. The molecule has 1 atom stereocenters. The maximum Gasteiger partial charge on any atom is 0.287 e. The van der Waals surface area contributed by atoms with Crippen LogP contribution in [0.5, 0.6) is 11.5 Å². The van der Waals surface area contributed by atoms with Gasteiger partial charge in [0.1, 0.15) is 23.9 Å². The molecular weight excluding hydrogens is 446 g/mol. The van der Waals surface area contributed by atoms with Crippen LogP contribution in [0.1, 0.15) is 23.9 Å². The Morgan fingerprint density at radius 2 is 1.91 bits per heavy atom. The van der Waals surface area contributed by atoms with Crippen molar-refractivity contribution in [1.82, 2.24) is 9.56 Å². The van der Waals surface area contributed by atoms with E-state index >= 15 is 0 Å². The number of nitrogens with one attached hydrogen (secondary N) is 1. The maximum absolute atomic E-state index is 12.7. The van der Waals surface area contributed by atoms with Crippen LogP contribution in [0.4, 0.5) is 5.69 Å². The van der Waals surface area contributed by atoms with Gasteiger partial charge < -0.3 is 19.3 Å². The fraction of sp³-hybridized carbons (Fsp3) is 0.208. The van der Waals surface area contributed by atoms with Crippen LogP contribution in [0.2, 0.25) is 5.02 Å². The molecule has 0 unspecified atom stereocenters. The van der Waals surface area contributed by atoms with Gasteiger partial charge in [-0.1, -0.05) is 29.3 Å². The molecule has 0 saturated carbocycles. The number of aromatic nitrogens is 2. The number of benzene rings is 2. The van der Waals surface area contributed by atoms with Gasteiger partial charge in [0.2, 0.25) is 0 Å². The Hall–Kier alpha value is -3.78. The number of halogens is 1. The first kappa shape index (κ1) is 22.4. The first-order valence-electron chi connectivity index (χ1n) is 10.2. The molecule has 8 nitrogen and oxygen atoms in total. The molecule has 2 aromatic heterocycles. The normalized spacial score (nSPS) is 11.9. The van der Waals surface area contributed by atoms with Crippen LogP contribution in [0.3, 0.4) is 0 Å². The minimum atomic E-state index is -0.746. The first-order chi connectivity index (χ1) is 15.8. The van der Waals surface area contributed by atoms with Crippen molar-refractivity contribution >= 4 is 28.8 Å². The van der Waals surface area contributed by atoms with Crippen molar-refractivity contribution in [2.45, 2.75) is 33.5 Å². The Morgan fingerprint density at radius 1 is 1.15 bits per heavy atom. The average Bonchev–Trinajstić information content (AvgIpc) is 3.16. The summed E-state index contributed by atoms with van der Waals surface area (Å²) in [4.78, 5) is 29.3. The largest absolute Gasteiger partial charge is 0.485 e. The predicted molar refractivity (Wildman–Crippen MR) is 124 cm³/mol. The van der Waals surface area contributed by atoms with Gasteiger partial charge in [-0.25, -0.2) is 4.98 Å². The van der Waals surface area contributed by atoms with E-state index in [1.54, 1.807) is 38.1 Å². The number of amides is 1. The minimum Gasteiger partial charge on any atom is -0.485 e. The van der Waals surface area contributed by atoms with Crippen LogP contribution >= 0.6 is 11.6 Å². The third kappa shape index (κ3) is 5.35. The summed E-state index contributed by atoms with van der Waals surface area (Å²) in [7, 11) is 0. The molecule has 0 radical (unpaired) electrons. The van der Waals surface area contributed by atoms with E-state index in [0.717, 1.165) is 10.1 Å². The Kier molecular flexibility index (Phi) is 6.37. The average molecular weight is 468 g/mol. The summed E-state index contributed by atoms with van der Waals surface area (Å²) in [5.74, 6) is 1.15. The smallest absolute Gasteiger partial charge is 0.287 e. The molecule has 0 fully saturated rings. The number of aryl methyl sites for hydroxylation is 2. The van der Waals surface area contributed by atoms with Gasteiger partial charge in [-0.2, -0.15) is 0 Å². The summed E-state index contributed by atoms with van der Waals surface area (Å²) in [5, 5.41) is 3.23. The molecular formula is C24H22ClN3O5. The molecule has 4 aromatic rings. The SMILES string of the molecule is Cc1ccc(O[C@@H](C)C(=O)Nc2ccc(Cl)cc2OCc2cc(=O)n3oc(C)cc3n2)cc1. The molecule has 0 aliphatic rings. The number of hydrogen-bond acceptors (Lipinski definition) is 6. The van der Waals surface area contributed by atoms with Gasteiger partial charge in [0.15, 0.2) is 11.8 Å². The Balaban J connectivity index is 1.47. The predicted octanol–water partition coefficient (Wildman–Crippen LogP) is 4.54. The zero-order valence-electron chi connectivity index (χ0n) is 18.3. The van der Waals surface area contributed by atoms with E-state index in [-0.39, 0.29) is 18.1 Å². The summed E-state index contributed by atoms with van der Waals surface area (Å²) in [6, 6.07) is 15.3. The van der Waals surface area contributed by atoms with Gasteiger partial charge >= 0.3 is 0 Å². The number of hydrogen-bond donors (Lipinski definition) is 1. The molecule has 170 valence electrons. The molecule has 1 amide bonds. The highest BCUT2D eigenvalue weighted by Gasteiger charge is 2.18. The van der Waals surface area contributed by atoms with Crippen LogP contribution < -0.4 is 20.3 Å². The number of carbonyl (C=O) groups is 1. The molecule has 4 rings (SSSR count). The van der Waals surface area contributed by atoms with Crippen LogP contribution in [-0.4, -0.2) is 21.6 Å². The van der Waals surface area contributed by atoms with E-state index in [0.29, 0.717) is 39.3 Å². The van der Waals surface area contributed by atoms with E-state index < -0.39 is 6.10 Å². The lowest BCUT2D eigenvalue weighted by Crippen LogP contribution is -2.30. The fourth-order valence-corrected chi connectivity index (χ4v) is 3.29. The molecule has 0 aliphatic carbocycles. The van der Waals surface area contributed by atoms with E-state index in [9.17, 15) is 9.59 Å². The number of carbonyl (C=O) groups excluding carboxylic acids is 1. The molecule has 0 bridgehead atoms. The Morgan fingerprint density at radius 3 is 2.67 bits per heavy atom. The molecule has 33 heavy (non-hydrogen) atoms. The monoisotopic (exact) mass is 467 g/mol. The summed E-state index contributed by atoms with van der Waals surface area (Å²) in [6.45, 7) is 5.36. The summed E-state index contributed by atoms with van der Waals surface area (Å²) >= 11 is 6.13. The zero-order valence-corrected chi connectivity index (χ0v) is 19.1. The van der Waals surface area contributed by atoms with Gasteiger partial charge in [0.05, 0.1) is 11.4 Å². The number of nitrogens with zero attached hydrogens (tertiary/aromatic N) is 2. The molecule has 2 aromatic carbocycles. The molecule has 9 heteroatoms. The lowest BCUT2D eigenvalue weighted by atomic mass is 10.2. The zero-order chi connectivity index (χ0) is 23.5. The fourth-order valence-electron chi connectivity index (χ4n) is 3.13.